The van der Waals surface area contributed by atoms with Gasteiger partial charge in [0.05, 0.1) is 0 Å². The minimum absolute atomic E-state index is 0.0148. The van der Waals surface area contributed by atoms with Crippen molar-refractivity contribution in [2.45, 2.75) is 39.3 Å². The molecular weight excluding hydrogens is 250 g/mol. The number of hydrogen-bond acceptors (Lipinski definition) is 3. The number of nitrogens with one attached hydrogen (secondary N) is 2. The van der Waals surface area contributed by atoms with Gasteiger partial charge in [-0.2, -0.15) is 0 Å². The standard InChI is InChI=1S/C16H25N3O/c1-4-18-11-13-7-8-14(10-12(13)2)19-9-5-6-15(19)16(20)17-3/h7-8,10,15,18H,4-6,9,11H2,1-3H3,(H,17,20). The van der Waals surface area contributed by atoms with Gasteiger partial charge in [0.15, 0.2) is 0 Å². The molecule has 1 unspecified atom stereocenters. The summed E-state index contributed by atoms with van der Waals surface area (Å²) < 4.78 is 0. The van der Waals surface area contributed by atoms with Gasteiger partial charge in [0.1, 0.15) is 6.04 Å². The molecule has 0 aromatic heterocycles. The van der Waals surface area contributed by atoms with Crippen LogP contribution in [0, 0.1) is 6.92 Å². The highest BCUT2D eigenvalue weighted by Crippen LogP contribution is 2.27. The molecule has 1 saturated heterocycles. The molecule has 1 aliphatic rings. The van der Waals surface area contributed by atoms with E-state index in [9.17, 15) is 4.79 Å². The quantitative estimate of drug-likeness (QED) is 0.861. The molecule has 0 spiro atoms. The van der Waals surface area contributed by atoms with E-state index in [1.165, 1.54) is 11.1 Å². The third-order valence-corrected chi connectivity index (χ3v) is 4.03. The molecule has 1 aromatic carbocycles. The summed E-state index contributed by atoms with van der Waals surface area (Å²) in [6, 6.07) is 6.50. The maximum absolute atomic E-state index is 11.9. The van der Waals surface area contributed by atoms with Crippen molar-refractivity contribution in [3.63, 3.8) is 0 Å². The van der Waals surface area contributed by atoms with E-state index < -0.39 is 0 Å². The normalized spacial score (nSPS) is 18.4. The number of benzene rings is 1. The van der Waals surface area contributed by atoms with Crippen LogP contribution in [-0.2, 0) is 11.3 Å². The molecule has 0 aliphatic carbocycles. The Balaban J connectivity index is 2.16. The second kappa shape index (κ2) is 6.75. The second-order valence-electron chi connectivity index (χ2n) is 5.36. The molecule has 1 amide bonds. The number of likely N-dealkylation sites (N-methyl/N-ethyl adjacent to an activating group) is 1. The maximum Gasteiger partial charge on any atom is 0.242 e. The van der Waals surface area contributed by atoms with Crippen LogP contribution < -0.4 is 15.5 Å². The summed E-state index contributed by atoms with van der Waals surface area (Å²) in [5.74, 6) is 0.122. The minimum Gasteiger partial charge on any atom is -0.360 e. The van der Waals surface area contributed by atoms with Crippen LogP contribution in [0.15, 0.2) is 18.2 Å². The van der Waals surface area contributed by atoms with Gasteiger partial charge < -0.3 is 15.5 Å². The Morgan fingerprint density at radius 3 is 2.90 bits per heavy atom. The lowest BCUT2D eigenvalue weighted by molar-refractivity contribution is -0.121. The van der Waals surface area contributed by atoms with Crippen molar-refractivity contribution in [2.75, 3.05) is 25.0 Å². The summed E-state index contributed by atoms with van der Waals surface area (Å²) in [5, 5.41) is 6.12. The van der Waals surface area contributed by atoms with E-state index in [1.807, 2.05) is 0 Å². The van der Waals surface area contributed by atoms with Crippen LogP contribution in [-0.4, -0.2) is 32.1 Å². The van der Waals surface area contributed by atoms with Crippen LogP contribution >= 0.6 is 0 Å². The van der Waals surface area contributed by atoms with Crippen molar-refractivity contribution < 1.29 is 4.79 Å². The van der Waals surface area contributed by atoms with Crippen molar-refractivity contribution in [2.24, 2.45) is 0 Å². The van der Waals surface area contributed by atoms with Crippen LogP contribution in [0.2, 0.25) is 0 Å². The average molecular weight is 275 g/mol. The number of hydrogen-bond donors (Lipinski definition) is 2. The van der Waals surface area contributed by atoms with Gasteiger partial charge >= 0.3 is 0 Å². The van der Waals surface area contributed by atoms with E-state index in [-0.39, 0.29) is 11.9 Å². The average Bonchev–Trinajstić information content (AvgIpc) is 2.94. The third-order valence-electron chi connectivity index (χ3n) is 4.03. The number of rotatable bonds is 5. The summed E-state index contributed by atoms with van der Waals surface area (Å²) in [7, 11) is 1.71. The van der Waals surface area contributed by atoms with Crippen LogP contribution in [0.5, 0.6) is 0 Å². The van der Waals surface area contributed by atoms with Crippen LogP contribution in [0.25, 0.3) is 0 Å². The van der Waals surface area contributed by atoms with Crippen LogP contribution in [0.3, 0.4) is 0 Å². The fourth-order valence-electron chi connectivity index (χ4n) is 2.83. The topological polar surface area (TPSA) is 44.4 Å². The number of carbonyl (C=O) groups excluding carboxylic acids is 1. The van der Waals surface area contributed by atoms with E-state index in [0.29, 0.717) is 0 Å². The van der Waals surface area contributed by atoms with Crippen molar-refractivity contribution >= 4 is 11.6 Å². The molecule has 0 radical (unpaired) electrons. The first-order valence-electron chi connectivity index (χ1n) is 7.45. The molecule has 1 aromatic rings. The van der Waals surface area contributed by atoms with Crippen LogP contribution in [0.4, 0.5) is 5.69 Å². The second-order valence-corrected chi connectivity index (χ2v) is 5.36. The maximum atomic E-state index is 11.9. The molecule has 1 aliphatic heterocycles. The van der Waals surface area contributed by atoms with Gasteiger partial charge in [0.2, 0.25) is 5.91 Å². The molecule has 0 bridgehead atoms. The lowest BCUT2D eigenvalue weighted by Crippen LogP contribution is -2.42. The number of amides is 1. The van der Waals surface area contributed by atoms with Crippen molar-refractivity contribution in [3.8, 4) is 0 Å². The Bertz CT molecular complexity index is 473. The molecule has 1 heterocycles. The minimum atomic E-state index is -0.0148. The largest absolute Gasteiger partial charge is 0.360 e. The molecule has 110 valence electrons. The van der Waals surface area contributed by atoms with E-state index >= 15 is 0 Å². The van der Waals surface area contributed by atoms with Gasteiger partial charge in [-0.15, -0.1) is 0 Å². The molecule has 4 heteroatoms. The molecule has 2 N–H and O–H groups in total. The Morgan fingerprint density at radius 2 is 2.25 bits per heavy atom. The number of anilines is 1. The molecule has 20 heavy (non-hydrogen) atoms. The monoisotopic (exact) mass is 275 g/mol. The SMILES string of the molecule is CCNCc1ccc(N2CCCC2C(=O)NC)cc1C. The fourth-order valence-corrected chi connectivity index (χ4v) is 2.83. The first-order valence-corrected chi connectivity index (χ1v) is 7.45. The summed E-state index contributed by atoms with van der Waals surface area (Å²) in [4.78, 5) is 14.2. The van der Waals surface area contributed by atoms with Crippen molar-refractivity contribution in [1.29, 1.82) is 0 Å². The van der Waals surface area contributed by atoms with Crippen molar-refractivity contribution in [1.82, 2.24) is 10.6 Å². The zero-order valence-corrected chi connectivity index (χ0v) is 12.7. The summed E-state index contributed by atoms with van der Waals surface area (Å²) in [6.07, 6.45) is 2.02. The first kappa shape index (κ1) is 14.9. The Hall–Kier alpha value is -1.55. The predicted octanol–water partition coefficient (Wildman–Crippen LogP) is 1.82. The van der Waals surface area contributed by atoms with Crippen LogP contribution in [0.1, 0.15) is 30.9 Å². The number of nitrogens with zero attached hydrogens (tertiary/aromatic N) is 1. The Kier molecular flexibility index (Phi) is 5.01. The zero-order valence-electron chi connectivity index (χ0n) is 12.7. The molecule has 4 nitrogen and oxygen atoms in total. The van der Waals surface area contributed by atoms with E-state index in [2.05, 4.69) is 47.6 Å². The number of carbonyl (C=O) groups is 1. The number of aryl methyl sites for hydroxylation is 1. The molecule has 1 fully saturated rings. The van der Waals surface area contributed by atoms with Gasteiger partial charge in [-0.1, -0.05) is 13.0 Å². The highest BCUT2D eigenvalue weighted by Gasteiger charge is 2.30. The fraction of sp³-hybridized carbons (Fsp3) is 0.562. The van der Waals surface area contributed by atoms with E-state index in [1.54, 1.807) is 7.05 Å². The first-order chi connectivity index (χ1) is 9.67. The summed E-state index contributed by atoms with van der Waals surface area (Å²) >= 11 is 0. The third kappa shape index (κ3) is 3.12. The molecule has 1 atom stereocenters. The van der Waals surface area contributed by atoms with Gasteiger partial charge in [0, 0.05) is 25.8 Å². The summed E-state index contributed by atoms with van der Waals surface area (Å²) in [6.45, 7) is 7.10. The summed E-state index contributed by atoms with van der Waals surface area (Å²) in [5.41, 5.74) is 3.77. The molecule has 2 rings (SSSR count). The smallest absolute Gasteiger partial charge is 0.242 e. The van der Waals surface area contributed by atoms with Gasteiger partial charge in [-0.25, -0.2) is 0 Å². The lowest BCUT2D eigenvalue weighted by atomic mass is 10.1. The predicted molar refractivity (Wildman–Crippen MR) is 83.0 cm³/mol. The van der Waals surface area contributed by atoms with Gasteiger partial charge in [-0.05, 0) is 49.6 Å². The van der Waals surface area contributed by atoms with Crippen molar-refractivity contribution in [3.05, 3.63) is 29.3 Å². The Morgan fingerprint density at radius 1 is 1.45 bits per heavy atom. The molecular formula is C16H25N3O. The zero-order chi connectivity index (χ0) is 14.5. The van der Waals surface area contributed by atoms with Gasteiger partial charge in [-0.3, -0.25) is 4.79 Å². The lowest BCUT2D eigenvalue weighted by Gasteiger charge is -2.26. The highest BCUT2D eigenvalue weighted by atomic mass is 16.2. The van der Waals surface area contributed by atoms with Gasteiger partial charge in [0.25, 0.3) is 0 Å². The highest BCUT2D eigenvalue weighted by molar-refractivity contribution is 5.85. The molecule has 0 saturated carbocycles. The van der Waals surface area contributed by atoms with E-state index in [4.69, 9.17) is 0 Å². The Labute approximate surface area is 121 Å². The van der Waals surface area contributed by atoms with E-state index in [0.717, 1.165) is 38.2 Å².